The van der Waals surface area contributed by atoms with Crippen LogP contribution in [0.15, 0.2) is 12.2 Å². The van der Waals surface area contributed by atoms with Crippen molar-refractivity contribution in [3.8, 4) is 0 Å². The quantitative estimate of drug-likeness (QED) is 0.569. The minimum Gasteiger partial charge on any atom is -0.389 e. The maximum atomic E-state index is 9.51. The number of hydrogen-bond acceptors (Lipinski definition) is 1. The molecule has 0 bridgehead atoms. The van der Waals surface area contributed by atoms with Crippen LogP contribution in [0.25, 0.3) is 0 Å². The molecule has 1 nitrogen and oxygen atoms in total. The molecule has 0 radical (unpaired) electrons. The average Bonchev–Trinajstić information content (AvgIpc) is 2.57. The van der Waals surface area contributed by atoms with E-state index in [1.165, 1.54) is 6.42 Å². The minimum atomic E-state index is -0.198. The van der Waals surface area contributed by atoms with E-state index in [1.807, 2.05) is 0 Å². The van der Waals surface area contributed by atoms with Crippen molar-refractivity contribution in [1.82, 2.24) is 0 Å². The van der Waals surface area contributed by atoms with Crippen molar-refractivity contribution in [3.05, 3.63) is 12.2 Å². The summed E-state index contributed by atoms with van der Waals surface area (Å²) in [6.07, 6.45) is 2.05. The molecular formula is C10H16O. The molecule has 2 fully saturated rings. The van der Waals surface area contributed by atoms with E-state index in [9.17, 15) is 5.11 Å². The molecule has 1 heteroatoms. The third-order valence-electron chi connectivity index (χ3n) is 3.72. The Morgan fingerprint density at radius 3 is 2.45 bits per heavy atom. The van der Waals surface area contributed by atoms with Gasteiger partial charge in [0.1, 0.15) is 0 Å². The monoisotopic (exact) mass is 152 g/mol. The molecule has 1 N–H and O–H groups in total. The molecule has 2 aliphatic carbocycles. The van der Waals surface area contributed by atoms with Gasteiger partial charge in [-0.05, 0) is 35.7 Å². The van der Waals surface area contributed by atoms with Crippen LogP contribution < -0.4 is 0 Å². The molecule has 0 aromatic carbocycles. The lowest BCUT2D eigenvalue weighted by molar-refractivity contribution is 0.176. The van der Waals surface area contributed by atoms with Crippen LogP contribution in [0.5, 0.6) is 0 Å². The molecule has 0 amide bonds. The topological polar surface area (TPSA) is 20.2 Å². The Bertz CT molecular complexity index is 207. The first-order valence-electron chi connectivity index (χ1n) is 4.44. The summed E-state index contributed by atoms with van der Waals surface area (Å²) >= 11 is 0. The van der Waals surface area contributed by atoms with E-state index in [0.29, 0.717) is 17.3 Å². The Morgan fingerprint density at radius 1 is 1.55 bits per heavy atom. The van der Waals surface area contributed by atoms with E-state index in [-0.39, 0.29) is 6.10 Å². The van der Waals surface area contributed by atoms with Gasteiger partial charge in [0.15, 0.2) is 0 Å². The van der Waals surface area contributed by atoms with Gasteiger partial charge >= 0.3 is 0 Å². The number of rotatable bonds is 1. The van der Waals surface area contributed by atoms with Crippen molar-refractivity contribution in [2.24, 2.45) is 17.3 Å². The molecule has 3 atom stereocenters. The zero-order valence-corrected chi connectivity index (χ0v) is 7.30. The van der Waals surface area contributed by atoms with Crippen LogP contribution in [0.1, 0.15) is 26.7 Å². The molecule has 2 saturated carbocycles. The molecular weight excluding hydrogens is 136 g/mol. The molecule has 0 spiro atoms. The maximum Gasteiger partial charge on any atom is 0.0756 e. The maximum absolute atomic E-state index is 9.51. The Morgan fingerprint density at radius 2 is 2.18 bits per heavy atom. The summed E-state index contributed by atoms with van der Waals surface area (Å²) in [5, 5.41) is 9.51. The van der Waals surface area contributed by atoms with Gasteiger partial charge in [-0.15, -0.1) is 0 Å². The number of aliphatic hydroxyl groups is 1. The number of hydrogen-bond donors (Lipinski definition) is 1. The van der Waals surface area contributed by atoms with Crippen molar-refractivity contribution < 1.29 is 5.11 Å². The molecule has 0 aromatic rings. The van der Waals surface area contributed by atoms with Crippen molar-refractivity contribution in [1.29, 1.82) is 0 Å². The van der Waals surface area contributed by atoms with E-state index >= 15 is 0 Å². The first kappa shape index (κ1) is 7.35. The van der Waals surface area contributed by atoms with E-state index in [1.54, 1.807) is 0 Å². The van der Waals surface area contributed by atoms with Gasteiger partial charge in [0.25, 0.3) is 0 Å². The summed E-state index contributed by atoms with van der Waals surface area (Å²) in [5.41, 5.74) is 1.55. The molecule has 62 valence electrons. The van der Waals surface area contributed by atoms with E-state index in [4.69, 9.17) is 0 Å². The van der Waals surface area contributed by atoms with E-state index in [2.05, 4.69) is 20.4 Å². The first-order chi connectivity index (χ1) is 5.08. The number of aliphatic hydroxyl groups excluding tert-OH is 1. The lowest BCUT2D eigenvalue weighted by Crippen LogP contribution is -2.12. The molecule has 0 heterocycles. The summed E-state index contributed by atoms with van der Waals surface area (Å²) in [6, 6.07) is 0. The van der Waals surface area contributed by atoms with Gasteiger partial charge < -0.3 is 5.11 Å². The van der Waals surface area contributed by atoms with Crippen LogP contribution in [0.2, 0.25) is 0 Å². The zero-order chi connectivity index (χ0) is 8.22. The van der Waals surface area contributed by atoms with Crippen LogP contribution in [-0.2, 0) is 0 Å². The summed E-state index contributed by atoms with van der Waals surface area (Å²) in [7, 11) is 0. The fourth-order valence-corrected chi connectivity index (χ4v) is 2.64. The molecule has 2 rings (SSSR count). The first-order valence-corrected chi connectivity index (χ1v) is 4.44. The highest BCUT2D eigenvalue weighted by molar-refractivity contribution is 5.30. The van der Waals surface area contributed by atoms with Gasteiger partial charge in [-0.3, -0.25) is 0 Å². The molecule has 0 aromatic heterocycles. The number of fused-ring (bicyclic) bond motifs is 1. The smallest absolute Gasteiger partial charge is 0.0756 e. The van der Waals surface area contributed by atoms with Crippen molar-refractivity contribution in [3.63, 3.8) is 0 Å². The van der Waals surface area contributed by atoms with Gasteiger partial charge in [0, 0.05) is 0 Å². The highest BCUT2D eigenvalue weighted by atomic mass is 16.3. The van der Waals surface area contributed by atoms with Gasteiger partial charge in [0.2, 0.25) is 0 Å². The largest absolute Gasteiger partial charge is 0.389 e. The van der Waals surface area contributed by atoms with Gasteiger partial charge in [-0.25, -0.2) is 0 Å². The van der Waals surface area contributed by atoms with Gasteiger partial charge in [-0.1, -0.05) is 20.4 Å². The van der Waals surface area contributed by atoms with Gasteiger partial charge in [0.05, 0.1) is 6.10 Å². The summed E-state index contributed by atoms with van der Waals surface area (Å²) in [6.45, 7) is 8.45. The fourth-order valence-electron chi connectivity index (χ4n) is 2.64. The van der Waals surface area contributed by atoms with Crippen LogP contribution in [0, 0.1) is 17.3 Å². The highest BCUT2D eigenvalue weighted by Crippen LogP contribution is 2.69. The van der Waals surface area contributed by atoms with Crippen molar-refractivity contribution in [2.75, 3.05) is 0 Å². The zero-order valence-electron chi connectivity index (χ0n) is 7.30. The van der Waals surface area contributed by atoms with Crippen LogP contribution in [-0.4, -0.2) is 11.2 Å². The summed E-state index contributed by atoms with van der Waals surface area (Å²) in [5.74, 6) is 1.36. The second-order valence-corrected chi connectivity index (χ2v) is 4.44. The minimum absolute atomic E-state index is 0.198. The van der Waals surface area contributed by atoms with Crippen LogP contribution in [0.3, 0.4) is 0 Å². The standard InChI is InChI=1S/C10H16O/c1-6(2)10-4-8(10)7(3)9(11)5-10/h6,8-9,11H,3-5H2,1-2H3/t8-,9-,10+/m1/s1. The predicted molar refractivity (Wildman–Crippen MR) is 45.1 cm³/mol. The van der Waals surface area contributed by atoms with Gasteiger partial charge in [-0.2, -0.15) is 0 Å². The second kappa shape index (κ2) is 1.89. The molecule has 0 aliphatic heterocycles. The SMILES string of the molecule is C=C1[C@H](O)C[C@]2(C(C)C)C[C@H]12. The third-order valence-corrected chi connectivity index (χ3v) is 3.72. The van der Waals surface area contributed by atoms with Crippen molar-refractivity contribution >= 4 is 0 Å². The van der Waals surface area contributed by atoms with Crippen molar-refractivity contribution in [2.45, 2.75) is 32.8 Å². The average molecular weight is 152 g/mol. The molecule has 0 saturated heterocycles. The Hall–Kier alpha value is -0.300. The van der Waals surface area contributed by atoms with E-state index in [0.717, 1.165) is 12.0 Å². The van der Waals surface area contributed by atoms with Crippen LogP contribution in [0.4, 0.5) is 0 Å². The summed E-state index contributed by atoms with van der Waals surface area (Å²) < 4.78 is 0. The second-order valence-electron chi connectivity index (χ2n) is 4.44. The predicted octanol–water partition coefficient (Wildman–Crippen LogP) is 1.97. The lowest BCUT2D eigenvalue weighted by atomic mass is 9.89. The Kier molecular flexibility index (Phi) is 1.26. The lowest BCUT2D eigenvalue weighted by Gasteiger charge is -2.16. The molecule has 11 heavy (non-hydrogen) atoms. The van der Waals surface area contributed by atoms with E-state index < -0.39 is 0 Å². The fraction of sp³-hybridized carbons (Fsp3) is 0.800. The molecule has 0 unspecified atom stereocenters. The normalized spacial score (nSPS) is 48.2. The van der Waals surface area contributed by atoms with Crippen LogP contribution >= 0.6 is 0 Å². The third kappa shape index (κ3) is 0.750. The molecule has 2 aliphatic rings. The Labute approximate surface area is 68.1 Å². The Balaban J connectivity index is 2.20. The highest BCUT2D eigenvalue weighted by Gasteiger charge is 2.63. The summed E-state index contributed by atoms with van der Waals surface area (Å²) in [4.78, 5) is 0.